The number of benzene rings is 1. The maximum absolute atomic E-state index is 12.8. The average molecular weight is 315 g/mol. The van der Waals surface area contributed by atoms with Crippen LogP contribution < -0.4 is 4.90 Å². The molecule has 23 heavy (non-hydrogen) atoms. The number of ether oxygens (including phenoxy) is 1. The van der Waals surface area contributed by atoms with E-state index in [9.17, 15) is 9.59 Å². The van der Waals surface area contributed by atoms with Crippen LogP contribution in [0.5, 0.6) is 0 Å². The summed E-state index contributed by atoms with van der Waals surface area (Å²) in [7, 11) is 1.32. The highest BCUT2D eigenvalue weighted by Crippen LogP contribution is 2.27. The van der Waals surface area contributed by atoms with Gasteiger partial charge in [-0.15, -0.1) is 0 Å². The van der Waals surface area contributed by atoms with Crippen LogP contribution in [-0.4, -0.2) is 25.0 Å². The van der Waals surface area contributed by atoms with E-state index >= 15 is 0 Å². The quantitative estimate of drug-likeness (QED) is 0.796. The summed E-state index contributed by atoms with van der Waals surface area (Å²) in [5, 5.41) is 0. The first-order chi connectivity index (χ1) is 11.0. The number of carbonyl (C=O) groups excluding carboxylic acids is 2. The Labute approximate surface area is 135 Å². The standard InChI is InChI=1S/C18H21NO4/c1-12-7-5-8-13(2)17(12)19(14(3)18(21)22-4)16(20)11-15-9-6-10-23-15/h5-10,14H,11H2,1-4H3. The van der Waals surface area contributed by atoms with Crippen LogP contribution in [0, 0.1) is 13.8 Å². The van der Waals surface area contributed by atoms with Gasteiger partial charge >= 0.3 is 5.97 Å². The number of esters is 1. The zero-order valence-corrected chi connectivity index (χ0v) is 13.8. The zero-order valence-electron chi connectivity index (χ0n) is 13.8. The van der Waals surface area contributed by atoms with Gasteiger partial charge in [0.05, 0.1) is 25.5 Å². The fourth-order valence-electron chi connectivity index (χ4n) is 2.64. The van der Waals surface area contributed by atoms with Crippen molar-refractivity contribution in [3.05, 3.63) is 53.5 Å². The summed E-state index contributed by atoms with van der Waals surface area (Å²) in [6.07, 6.45) is 1.61. The molecule has 1 atom stereocenters. The number of aryl methyl sites for hydroxylation is 2. The molecule has 0 aliphatic rings. The number of para-hydroxylation sites is 1. The second kappa shape index (κ2) is 7.13. The first-order valence-corrected chi connectivity index (χ1v) is 7.44. The minimum atomic E-state index is -0.720. The summed E-state index contributed by atoms with van der Waals surface area (Å²) in [6.45, 7) is 5.50. The van der Waals surface area contributed by atoms with Gasteiger partial charge in [0.2, 0.25) is 5.91 Å². The van der Waals surface area contributed by atoms with E-state index in [1.807, 2.05) is 32.0 Å². The minimum Gasteiger partial charge on any atom is -0.469 e. The Hall–Kier alpha value is -2.56. The highest BCUT2D eigenvalue weighted by atomic mass is 16.5. The largest absolute Gasteiger partial charge is 0.469 e. The number of rotatable bonds is 5. The second-order valence-electron chi connectivity index (χ2n) is 5.46. The number of anilines is 1. The van der Waals surface area contributed by atoms with Gasteiger partial charge in [-0.2, -0.15) is 0 Å². The maximum atomic E-state index is 12.8. The molecule has 0 bridgehead atoms. The van der Waals surface area contributed by atoms with Gasteiger partial charge in [0.25, 0.3) is 0 Å². The Morgan fingerprint density at radius 1 is 1.17 bits per heavy atom. The molecule has 122 valence electrons. The van der Waals surface area contributed by atoms with Crippen molar-refractivity contribution < 1.29 is 18.7 Å². The van der Waals surface area contributed by atoms with Crippen molar-refractivity contribution in [3.63, 3.8) is 0 Å². The van der Waals surface area contributed by atoms with E-state index in [4.69, 9.17) is 9.15 Å². The van der Waals surface area contributed by atoms with Crippen LogP contribution in [0.1, 0.15) is 23.8 Å². The van der Waals surface area contributed by atoms with E-state index in [1.165, 1.54) is 18.3 Å². The van der Waals surface area contributed by atoms with Crippen LogP contribution in [0.2, 0.25) is 0 Å². The molecule has 1 heterocycles. The van der Waals surface area contributed by atoms with Gasteiger partial charge < -0.3 is 9.15 Å². The van der Waals surface area contributed by atoms with Crippen LogP contribution in [0.4, 0.5) is 5.69 Å². The molecule has 5 nitrogen and oxygen atoms in total. The molecule has 1 unspecified atom stereocenters. The zero-order chi connectivity index (χ0) is 17.0. The molecule has 0 saturated heterocycles. The van der Waals surface area contributed by atoms with Gasteiger partial charge in [0.1, 0.15) is 11.8 Å². The summed E-state index contributed by atoms with van der Waals surface area (Å²) >= 11 is 0. The summed E-state index contributed by atoms with van der Waals surface area (Å²) < 4.78 is 10.1. The number of carbonyl (C=O) groups is 2. The van der Waals surface area contributed by atoms with Gasteiger partial charge in [-0.25, -0.2) is 4.79 Å². The Balaban J connectivity index is 2.43. The lowest BCUT2D eigenvalue weighted by atomic mass is 10.1. The number of furan rings is 1. The monoisotopic (exact) mass is 315 g/mol. The first-order valence-electron chi connectivity index (χ1n) is 7.44. The summed E-state index contributed by atoms with van der Waals surface area (Å²) in [4.78, 5) is 26.4. The van der Waals surface area contributed by atoms with Crippen LogP contribution in [0.15, 0.2) is 41.0 Å². The molecule has 1 aromatic heterocycles. The Kier molecular flexibility index (Phi) is 5.21. The van der Waals surface area contributed by atoms with Gasteiger partial charge in [-0.05, 0) is 44.0 Å². The van der Waals surface area contributed by atoms with E-state index in [0.29, 0.717) is 5.76 Å². The lowest BCUT2D eigenvalue weighted by molar-refractivity contribution is -0.143. The summed E-state index contributed by atoms with van der Waals surface area (Å²) in [5.41, 5.74) is 2.59. The fourth-order valence-corrected chi connectivity index (χ4v) is 2.64. The Bertz CT molecular complexity index is 671. The van der Waals surface area contributed by atoms with Crippen molar-refractivity contribution >= 4 is 17.6 Å². The van der Waals surface area contributed by atoms with Crippen molar-refractivity contribution in [1.82, 2.24) is 0 Å². The molecule has 0 fully saturated rings. The Morgan fingerprint density at radius 2 is 1.83 bits per heavy atom. The van der Waals surface area contributed by atoms with Crippen LogP contribution in [-0.2, 0) is 20.7 Å². The molecule has 0 N–H and O–H groups in total. The van der Waals surface area contributed by atoms with E-state index in [-0.39, 0.29) is 12.3 Å². The third-order valence-electron chi connectivity index (χ3n) is 3.78. The lowest BCUT2D eigenvalue weighted by Gasteiger charge is -2.30. The molecule has 5 heteroatoms. The highest BCUT2D eigenvalue weighted by molar-refractivity contribution is 6.01. The molecular weight excluding hydrogens is 294 g/mol. The number of hydrogen-bond acceptors (Lipinski definition) is 4. The Morgan fingerprint density at radius 3 is 2.35 bits per heavy atom. The third-order valence-corrected chi connectivity index (χ3v) is 3.78. The molecule has 0 radical (unpaired) electrons. The van der Waals surface area contributed by atoms with E-state index in [0.717, 1.165) is 16.8 Å². The van der Waals surface area contributed by atoms with Crippen LogP contribution >= 0.6 is 0 Å². The van der Waals surface area contributed by atoms with Crippen molar-refractivity contribution in [2.75, 3.05) is 12.0 Å². The van der Waals surface area contributed by atoms with Gasteiger partial charge in [0, 0.05) is 0 Å². The van der Waals surface area contributed by atoms with E-state index in [2.05, 4.69) is 0 Å². The first kappa shape index (κ1) is 16.8. The SMILES string of the molecule is COC(=O)C(C)N(C(=O)Cc1ccco1)c1c(C)cccc1C. The molecule has 2 aromatic rings. The molecule has 1 amide bonds. The predicted octanol–water partition coefficient (Wildman–Crippen LogP) is 3.03. The predicted molar refractivity (Wildman–Crippen MR) is 87.3 cm³/mol. The lowest BCUT2D eigenvalue weighted by Crippen LogP contribution is -2.45. The van der Waals surface area contributed by atoms with Gasteiger partial charge in [-0.1, -0.05) is 18.2 Å². The fraction of sp³-hybridized carbons (Fsp3) is 0.333. The van der Waals surface area contributed by atoms with Gasteiger partial charge in [0.15, 0.2) is 0 Å². The van der Waals surface area contributed by atoms with E-state index < -0.39 is 12.0 Å². The number of amides is 1. The normalized spacial score (nSPS) is 11.8. The molecular formula is C18H21NO4. The molecule has 2 rings (SSSR count). The maximum Gasteiger partial charge on any atom is 0.328 e. The molecule has 0 aliphatic heterocycles. The second-order valence-corrected chi connectivity index (χ2v) is 5.46. The van der Waals surface area contributed by atoms with Crippen molar-refractivity contribution in [1.29, 1.82) is 0 Å². The van der Waals surface area contributed by atoms with Crippen LogP contribution in [0.25, 0.3) is 0 Å². The van der Waals surface area contributed by atoms with Crippen molar-refractivity contribution in [3.8, 4) is 0 Å². The molecule has 1 aromatic carbocycles. The highest BCUT2D eigenvalue weighted by Gasteiger charge is 2.30. The van der Waals surface area contributed by atoms with Gasteiger partial charge in [-0.3, -0.25) is 9.69 Å². The molecule has 0 spiro atoms. The smallest absolute Gasteiger partial charge is 0.328 e. The minimum absolute atomic E-state index is 0.0854. The summed E-state index contributed by atoms with van der Waals surface area (Å²) in [5.74, 6) is -0.112. The molecule has 0 saturated carbocycles. The average Bonchev–Trinajstić information content (AvgIpc) is 3.02. The number of methoxy groups -OCH3 is 1. The van der Waals surface area contributed by atoms with Crippen molar-refractivity contribution in [2.24, 2.45) is 0 Å². The van der Waals surface area contributed by atoms with E-state index in [1.54, 1.807) is 19.1 Å². The topological polar surface area (TPSA) is 59.8 Å². The van der Waals surface area contributed by atoms with Crippen molar-refractivity contribution in [2.45, 2.75) is 33.2 Å². The summed E-state index contributed by atoms with van der Waals surface area (Å²) in [6, 6.07) is 8.51. The van der Waals surface area contributed by atoms with Crippen LogP contribution in [0.3, 0.4) is 0 Å². The molecule has 0 aliphatic carbocycles. The number of nitrogens with zero attached hydrogens (tertiary/aromatic N) is 1. The number of hydrogen-bond donors (Lipinski definition) is 0. The third kappa shape index (κ3) is 3.62.